The van der Waals surface area contributed by atoms with Gasteiger partial charge in [-0.3, -0.25) is 24.8 Å². The van der Waals surface area contributed by atoms with Gasteiger partial charge in [-0.1, -0.05) is 67.6 Å². The maximum absolute atomic E-state index is 5.02. The number of nitrogens with zero attached hydrogens (tertiary/aromatic N) is 5. The highest BCUT2D eigenvalue weighted by Gasteiger charge is 2.30. The van der Waals surface area contributed by atoms with Crippen LogP contribution in [0.1, 0.15) is 41.7 Å². The molecule has 0 amide bonds. The van der Waals surface area contributed by atoms with E-state index in [1.54, 1.807) is 0 Å². The summed E-state index contributed by atoms with van der Waals surface area (Å²) < 4.78 is 0. The van der Waals surface area contributed by atoms with Crippen molar-refractivity contribution in [3.8, 4) is 0 Å². The van der Waals surface area contributed by atoms with Crippen LogP contribution in [0.2, 0.25) is 0 Å². The monoisotopic (exact) mass is 495 g/mol. The van der Waals surface area contributed by atoms with E-state index in [1.165, 1.54) is 0 Å². The molecule has 0 aliphatic heterocycles. The molecule has 0 aliphatic rings. The lowest BCUT2D eigenvalue weighted by Crippen LogP contribution is -2.33. The van der Waals surface area contributed by atoms with Gasteiger partial charge in [0.15, 0.2) is 0 Å². The van der Waals surface area contributed by atoms with Gasteiger partial charge < -0.3 is 0 Å². The van der Waals surface area contributed by atoms with E-state index in [9.17, 15) is 0 Å². The van der Waals surface area contributed by atoms with Gasteiger partial charge >= 0.3 is 0 Å². The van der Waals surface area contributed by atoms with Crippen molar-refractivity contribution in [2.75, 3.05) is 0 Å². The number of pyridine rings is 4. The topological polar surface area (TPSA) is 54.8 Å². The van der Waals surface area contributed by atoms with Crippen molar-refractivity contribution in [2.45, 2.75) is 32.0 Å². The Hall–Kier alpha value is -4.48. The van der Waals surface area contributed by atoms with Gasteiger partial charge in [-0.05, 0) is 48.5 Å². The standard InChI is InChI=1S/C33H29N5/c1-24(29-12-6-8-20-34-29)33(32-15-7-9-21-35-32)38(22-27-18-16-25-10-2-4-13-30(25)36-27)23-28-19-17-26-11-3-5-14-31(26)37-28/h2-21,24,33H,22-23H2,1H3/t24?,33-/m1/s1. The predicted molar refractivity (Wildman–Crippen MR) is 152 cm³/mol. The number of fused-ring (bicyclic) bond motifs is 2. The van der Waals surface area contributed by atoms with Crippen molar-refractivity contribution in [3.63, 3.8) is 0 Å². The molecule has 2 atom stereocenters. The van der Waals surface area contributed by atoms with Crippen molar-refractivity contribution in [1.29, 1.82) is 0 Å². The third-order valence-electron chi connectivity index (χ3n) is 7.05. The Kier molecular flexibility index (Phi) is 6.83. The molecule has 0 bridgehead atoms. The van der Waals surface area contributed by atoms with Gasteiger partial charge in [0.1, 0.15) is 0 Å². The Labute approximate surface area is 222 Å². The molecule has 0 aliphatic carbocycles. The first-order valence-corrected chi connectivity index (χ1v) is 13.0. The molecule has 2 aromatic carbocycles. The first-order valence-electron chi connectivity index (χ1n) is 13.0. The van der Waals surface area contributed by atoms with Crippen molar-refractivity contribution in [1.82, 2.24) is 24.8 Å². The maximum atomic E-state index is 5.02. The number of rotatable bonds is 8. The number of para-hydroxylation sites is 2. The Morgan fingerprint density at radius 1 is 0.553 bits per heavy atom. The SMILES string of the molecule is CC(c1ccccn1)[C@H](c1ccccn1)N(Cc1ccc2ccccc2n1)Cc1ccc2ccccc2n1. The second kappa shape index (κ2) is 10.9. The van der Waals surface area contributed by atoms with Gasteiger partial charge in [-0.25, -0.2) is 0 Å². The van der Waals surface area contributed by atoms with E-state index in [-0.39, 0.29) is 12.0 Å². The molecule has 5 nitrogen and oxygen atoms in total. The van der Waals surface area contributed by atoms with Gasteiger partial charge in [0.2, 0.25) is 0 Å². The summed E-state index contributed by atoms with van der Waals surface area (Å²) in [5.74, 6) is 0.0898. The lowest BCUT2D eigenvalue weighted by molar-refractivity contribution is 0.149. The van der Waals surface area contributed by atoms with Crippen molar-refractivity contribution >= 4 is 21.8 Å². The first kappa shape index (κ1) is 23.9. The molecule has 4 aromatic heterocycles. The van der Waals surface area contributed by atoms with Gasteiger partial charge in [-0.2, -0.15) is 0 Å². The van der Waals surface area contributed by atoms with Crippen molar-refractivity contribution in [3.05, 3.63) is 144 Å². The van der Waals surface area contributed by atoms with E-state index in [2.05, 4.69) is 84.6 Å². The molecular formula is C33H29N5. The van der Waals surface area contributed by atoms with Crippen LogP contribution in [-0.4, -0.2) is 24.8 Å². The molecule has 0 radical (unpaired) electrons. The zero-order chi connectivity index (χ0) is 25.7. The van der Waals surface area contributed by atoms with Gasteiger partial charge in [-0.15, -0.1) is 0 Å². The highest BCUT2D eigenvalue weighted by Crippen LogP contribution is 2.36. The molecule has 1 unspecified atom stereocenters. The van der Waals surface area contributed by atoms with E-state index in [0.29, 0.717) is 13.1 Å². The van der Waals surface area contributed by atoms with Crippen molar-refractivity contribution < 1.29 is 0 Å². The maximum Gasteiger partial charge on any atom is 0.0705 e. The quantitative estimate of drug-likeness (QED) is 0.225. The smallest absolute Gasteiger partial charge is 0.0705 e. The second-order valence-electron chi connectivity index (χ2n) is 9.64. The molecule has 0 fully saturated rings. The summed E-state index contributed by atoms with van der Waals surface area (Å²) in [6.45, 7) is 3.53. The van der Waals surface area contributed by atoms with Crippen LogP contribution in [-0.2, 0) is 13.1 Å². The molecular weight excluding hydrogens is 466 g/mol. The lowest BCUT2D eigenvalue weighted by Gasteiger charge is -2.35. The summed E-state index contributed by atoms with van der Waals surface area (Å²) in [5.41, 5.74) is 6.07. The Bertz CT molecular complexity index is 1570. The number of benzene rings is 2. The van der Waals surface area contributed by atoms with E-state index in [4.69, 9.17) is 19.9 Å². The van der Waals surface area contributed by atoms with E-state index >= 15 is 0 Å². The summed E-state index contributed by atoms with van der Waals surface area (Å²) in [5, 5.41) is 2.28. The highest BCUT2D eigenvalue weighted by atomic mass is 15.2. The van der Waals surface area contributed by atoms with E-state index in [1.807, 2.05) is 48.8 Å². The Morgan fingerprint density at radius 2 is 1.05 bits per heavy atom. The van der Waals surface area contributed by atoms with E-state index in [0.717, 1.165) is 44.6 Å². The summed E-state index contributed by atoms with van der Waals surface area (Å²) in [4.78, 5) is 22.0. The zero-order valence-corrected chi connectivity index (χ0v) is 21.4. The van der Waals surface area contributed by atoms with Gasteiger partial charge in [0, 0.05) is 47.9 Å². The molecule has 0 N–H and O–H groups in total. The first-order chi connectivity index (χ1) is 18.7. The molecule has 6 aromatic rings. The van der Waals surface area contributed by atoms with Crippen LogP contribution in [0.25, 0.3) is 21.8 Å². The van der Waals surface area contributed by atoms with E-state index < -0.39 is 0 Å². The number of hydrogen-bond donors (Lipinski definition) is 0. The minimum atomic E-state index is -0.0346. The summed E-state index contributed by atoms with van der Waals surface area (Å²) in [7, 11) is 0. The van der Waals surface area contributed by atoms with Crippen LogP contribution < -0.4 is 0 Å². The molecule has 6 rings (SSSR count). The van der Waals surface area contributed by atoms with Crippen LogP contribution in [0.3, 0.4) is 0 Å². The third kappa shape index (κ3) is 5.15. The van der Waals surface area contributed by atoms with Crippen LogP contribution in [0.4, 0.5) is 0 Å². The highest BCUT2D eigenvalue weighted by molar-refractivity contribution is 5.79. The predicted octanol–water partition coefficient (Wildman–Crippen LogP) is 7.12. The largest absolute Gasteiger partial charge is 0.282 e. The Morgan fingerprint density at radius 3 is 1.58 bits per heavy atom. The number of hydrogen-bond acceptors (Lipinski definition) is 5. The molecule has 0 spiro atoms. The molecule has 38 heavy (non-hydrogen) atoms. The second-order valence-corrected chi connectivity index (χ2v) is 9.64. The summed E-state index contributed by atoms with van der Waals surface area (Å²) >= 11 is 0. The third-order valence-corrected chi connectivity index (χ3v) is 7.05. The molecule has 0 saturated carbocycles. The van der Waals surface area contributed by atoms with Gasteiger partial charge in [0.25, 0.3) is 0 Å². The van der Waals surface area contributed by atoms with Crippen molar-refractivity contribution in [2.24, 2.45) is 0 Å². The average Bonchev–Trinajstić information content (AvgIpc) is 2.98. The lowest BCUT2D eigenvalue weighted by atomic mass is 9.92. The van der Waals surface area contributed by atoms with Crippen LogP contribution in [0.15, 0.2) is 122 Å². The zero-order valence-electron chi connectivity index (χ0n) is 21.4. The molecule has 0 saturated heterocycles. The minimum Gasteiger partial charge on any atom is -0.282 e. The van der Waals surface area contributed by atoms with Crippen LogP contribution >= 0.6 is 0 Å². The molecule has 4 heterocycles. The average molecular weight is 496 g/mol. The number of aromatic nitrogens is 4. The minimum absolute atomic E-state index is 0.0346. The molecule has 186 valence electrons. The van der Waals surface area contributed by atoms with Gasteiger partial charge in [0.05, 0.1) is 34.2 Å². The summed E-state index contributed by atoms with van der Waals surface area (Å²) in [6.07, 6.45) is 3.73. The van der Waals surface area contributed by atoms with Crippen LogP contribution in [0.5, 0.6) is 0 Å². The Balaban J connectivity index is 1.44. The fourth-order valence-electron chi connectivity index (χ4n) is 5.18. The molecule has 5 heteroatoms. The fraction of sp³-hybridized carbons (Fsp3) is 0.152. The van der Waals surface area contributed by atoms with Crippen LogP contribution in [0, 0.1) is 0 Å². The summed E-state index contributed by atoms with van der Waals surface area (Å²) in [6, 6.07) is 37.3. The fourth-order valence-corrected chi connectivity index (χ4v) is 5.18. The normalized spacial score (nSPS) is 13.1.